The Morgan fingerprint density at radius 2 is 1.05 bits per heavy atom. The molecular formula is C21H15Li. The van der Waals surface area contributed by atoms with Crippen LogP contribution in [0.4, 0.5) is 0 Å². The Morgan fingerprint density at radius 1 is 0.500 bits per heavy atom. The van der Waals surface area contributed by atoms with Crippen molar-refractivity contribution in [2.75, 3.05) is 0 Å². The maximum atomic E-state index is 2.27. The van der Waals surface area contributed by atoms with Gasteiger partial charge in [-0.1, -0.05) is 66.7 Å². The summed E-state index contributed by atoms with van der Waals surface area (Å²) in [5, 5.41) is 11.0. The van der Waals surface area contributed by atoms with E-state index in [0.29, 0.717) is 0 Å². The fraction of sp³-hybridized carbons (Fsp3) is 0.0476. The van der Waals surface area contributed by atoms with Gasteiger partial charge in [-0.05, 0) is 55.6 Å². The summed E-state index contributed by atoms with van der Waals surface area (Å²) in [5.74, 6) is 0. The molecule has 0 spiro atoms. The molecule has 0 aliphatic carbocycles. The fourth-order valence-corrected chi connectivity index (χ4v) is 3.83. The molecule has 5 aromatic rings. The van der Waals surface area contributed by atoms with Gasteiger partial charge in [0.25, 0.3) is 0 Å². The van der Waals surface area contributed by atoms with E-state index in [-0.39, 0.29) is 18.9 Å². The van der Waals surface area contributed by atoms with Crippen molar-refractivity contribution in [2.45, 2.75) is 6.92 Å². The zero-order valence-electron chi connectivity index (χ0n) is 11.9. The van der Waals surface area contributed by atoms with E-state index >= 15 is 0 Å². The summed E-state index contributed by atoms with van der Waals surface area (Å²) in [6, 6.07) is 24.4. The number of hydrogen-bond acceptors (Lipinski definition) is 0. The third-order valence-corrected chi connectivity index (χ3v) is 4.72. The molecular weight excluding hydrogens is 259 g/mol. The van der Waals surface area contributed by atoms with Crippen LogP contribution in [0, 0.1) is 6.92 Å². The van der Waals surface area contributed by atoms with Gasteiger partial charge >= 0.3 is 18.9 Å². The predicted octanol–water partition coefficient (Wildman–Crippen LogP) is 5.40. The monoisotopic (exact) mass is 274 g/mol. The molecule has 0 saturated carbocycles. The molecule has 0 unspecified atom stereocenters. The van der Waals surface area contributed by atoms with Crippen LogP contribution in [0.25, 0.3) is 43.1 Å². The van der Waals surface area contributed by atoms with Crippen molar-refractivity contribution in [1.29, 1.82) is 0 Å². The van der Waals surface area contributed by atoms with E-state index in [2.05, 4.69) is 73.7 Å². The molecule has 22 heavy (non-hydrogen) atoms. The first kappa shape index (κ1) is 13.6. The van der Waals surface area contributed by atoms with Crippen molar-refractivity contribution in [2.24, 2.45) is 0 Å². The Labute approximate surface area is 141 Å². The van der Waals surface area contributed by atoms with E-state index in [1.54, 1.807) is 0 Å². The number of aryl methyl sites for hydroxylation is 1. The Morgan fingerprint density at radius 3 is 1.73 bits per heavy atom. The predicted molar refractivity (Wildman–Crippen MR) is 99.5 cm³/mol. The summed E-state index contributed by atoms with van der Waals surface area (Å²) in [6.45, 7) is 2.22. The third-order valence-electron chi connectivity index (χ3n) is 4.72. The van der Waals surface area contributed by atoms with Crippen LogP contribution < -0.4 is 0 Å². The molecule has 0 aromatic heterocycles. The Bertz CT molecular complexity index is 1130. The van der Waals surface area contributed by atoms with Gasteiger partial charge in [-0.25, -0.2) is 0 Å². The molecule has 0 amide bonds. The van der Waals surface area contributed by atoms with Gasteiger partial charge < -0.3 is 0 Å². The molecule has 0 N–H and O–H groups in total. The first-order valence-corrected chi connectivity index (χ1v) is 7.39. The van der Waals surface area contributed by atoms with Crippen molar-refractivity contribution >= 4 is 62.0 Å². The zero-order chi connectivity index (χ0) is 14.0. The van der Waals surface area contributed by atoms with Gasteiger partial charge in [0.05, 0.1) is 0 Å². The molecule has 0 bridgehead atoms. The number of fused-ring (bicyclic) bond motifs is 2. The molecule has 0 aliphatic heterocycles. The Balaban J connectivity index is 0.00000125. The minimum atomic E-state index is 0. The van der Waals surface area contributed by atoms with Crippen molar-refractivity contribution in [3.63, 3.8) is 0 Å². The van der Waals surface area contributed by atoms with Crippen LogP contribution in [0.5, 0.6) is 0 Å². The standard InChI is InChI=1S/C21H14.Li.H/c1-13-11-12-15-7-3-9-17-16-8-2-5-14-6-4-10-18(20(14)16)19(13)21(15)17;;/h2-12H,1H3;;. The van der Waals surface area contributed by atoms with Crippen molar-refractivity contribution in [3.05, 3.63) is 72.3 Å². The Kier molecular flexibility index (Phi) is 2.95. The summed E-state index contributed by atoms with van der Waals surface area (Å²) in [7, 11) is 0. The van der Waals surface area contributed by atoms with Crippen molar-refractivity contribution in [3.8, 4) is 0 Å². The van der Waals surface area contributed by atoms with Gasteiger partial charge in [0.2, 0.25) is 0 Å². The van der Waals surface area contributed by atoms with Crippen LogP contribution in [-0.4, -0.2) is 18.9 Å². The van der Waals surface area contributed by atoms with Crippen LogP contribution >= 0.6 is 0 Å². The van der Waals surface area contributed by atoms with E-state index in [4.69, 9.17) is 0 Å². The second-order valence-electron chi connectivity index (χ2n) is 5.87. The average molecular weight is 274 g/mol. The van der Waals surface area contributed by atoms with Crippen LogP contribution in [0.3, 0.4) is 0 Å². The summed E-state index contributed by atoms with van der Waals surface area (Å²) in [4.78, 5) is 0. The van der Waals surface area contributed by atoms with E-state index in [9.17, 15) is 0 Å². The molecule has 5 aromatic carbocycles. The first-order valence-electron chi connectivity index (χ1n) is 7.39. The van der Waals surface area contributed by atoms with Gasteiger partial charge in [-0.15, -0.1) is 0 Å². The molecule has 100 valence electrons. The maximum absolute atomic E-state index is 2.27. The molecule has 0 radical (unpaired) electrons. The van der Waals surface area contributed by atoms with E-state index in [0.717, 1.165) is 0 Å². The van der Waals surface area contributed by atoms with Gasteiger partial charge in [-0.2, -0.15) is 0 Å². The van der Waals surface area contributed by atoms with Gasteiger partial charge in [-0.3, -0.25) is 0 Å². The fourth-order valence-electron chi connectivity index (χ4n) is 3.83. The Hall–Kier alpha value is -2.00. The van der Waals surface area contributed by atoms with Gasteiger partial charge in [0.1, 0.15) is 0 Å². The third kappa shape index (κ3) is 1.60. The average Bonchev–Trinajstić information content (AvgIpc) is 2.53. The van der Waals surface area contributed by atoms with Crippen LogP contribution in [0.1, 0.15) is 5.56 Å². The normalized spacial score (nSPS) is 11.5. The summed E-state index contributed by atoms with van der Waals surface area (Å²) < 4.78 is 0. The molecule has 0 heterocycles. The quantitative estimate of drug-likeness (QED) is 0.201. The molecule has 0 nitrogen and oxygen atoms in total. The second kappa shape index (κ2) is 4.75. The van der Waals surface area contributed by atoms with E-state index < -0.39 is 0 Å². The molecule has 0 atom stereocenters. The zero-order valence-corrected chi connectivity index (χ0v) is 11.9. The number of benzene rings is 5. The second-order valence-corrected chi connectivity index (χ2v) is 5.87. The SMILES string of the molecule is Cc1ccc2cccc3c4cccc5cccc(c1c23)c54.[LiH]. The van der Waals surface area contributed by atoms with Crippen LogP contribution in [-0.2, 0) is 0 Å². The van der Waals surface area contributed by atoms with Crippen molar-refractivity contribution in [1.82, 2.24) is 0 Å². The molecule has 0 fully saturated rings. The summed E-state index contributed by atoms with van der Waals surface area (Å²) in [6.07, 6.45) is 0. The molecule has 0 aliphatic rings. The van der Waals surface area contributed by atoms with E-state index in [1.165, 1.54) is 48.7 Å². The minimum absolute atomic E-state index is 0. The molecule has 1 heteroatoms. The van der Waals surface area contributed by atoms with E-state index in [1.807, 2.05) is 0 Å². The van der Waals surface area contributed by atoms with Crippen molar-refractivity contribution < 1.29 is 0 Å². The van der Waals surface area contributed by atoms with Gasteiger partial charge in [0.15, 0.2) is 0 Å². The summed E-state index contributed by atoms with van der Waals surface area (Å²) in [5.41, 5.74) is 1.36. The molecule has 5 rings (SSSR count). The summed E-state index contributed by atoms with van der Waals surface area (Å²) >= 11 is 0. The number of rotatable bonds is 0. The van der Waals surface area contributed by atoms with Gasteiger partial charge in [0, 0.05) is 0 Å². The molecule has 0 saturated heterocycles. The first-order chi connectivity index (χ1) is 10.3. The number of hydrogen-bond donors (Lipinski definition) is 0. The topological polar surface area (TPSA) is 0 Å². The van der Waals surface area contributed by atoms with Crippen LogP contribution in [0.2, 0.25) is 0 Å². The van der Waals surface area contributed by atoms with Crippen LogP contribution in [0.15, 0.2) is 66.7 Å².